The molecule has 0 bridgehead atoms. The van der Waals surface area contributed by atoms with E-state index in [-0.39, 0.29) is 16.9 Å². The molecule has 0 aromatic heterocycles. The number of Topliss-reactive ketones (excluding diaryl/α,β-unsaturated/α-hetero) is 1. The lowest BCUT2D eigenvalue weighted by Crippen LogP contribution is -2.10. The summed E-state index contributed by atoms with van der Waals surface area (Å²) in [7, 11) is 0. The molecule has 1 aliphatic carbocycles. The summed E-state index contributed by atoms with van der Waals surface area (Å²) >= 11 is 0. The summed E-state index contributed by atoms with van der Waals surface area (Å²) in [5.41, 5.74) is -0.511. The van der Waals surface area contributed by atoms with Crippen molar-refractivity contribution in [3.05, 3.63) is 35.1 Å². The van der Waals surface area contributed by atoms with Crippen molar-refractivity contribution in [2.75, 3.05) is 0 Å². The van der Waals surface area contributed by atoms with E-state index in [2.05, 4.69) is 0 Å². The Morgan fingerprint density at radius 2 is 1.69 bits per heavy atom. The van der Waals surface area contributed by atoms with Gasteiger partial charge in [-0.25, -0.2) is 13.2 Å². The van der Waals surface area contributed by atoms with Crippen LogP contribution < -0.4 is 0 Å². The highest BCUT2D eigenvalue weighted by atomic mass is 19.2. The molecule has 0 aliphatic heterocycles. The number of benzene rings is 1. The zero-order valence-electron chi connectivity index (χ0n) is 8.98. The predicted molar refractivity (Wildman–Crippen MR) is 52.5 cm³/mol. The Morgan fingerprint density at radius 3 is 2.19 bits per heavy atom. The first-order valence-corrected chi connectivity index (χ1v) is 5.01. The number of halogens is 3. The quantitative estimate of drug-likeness (QED) is 0.560. The van der Waals surface area contributed by atoms with Crippen LogP contribution in [0.5, 0.6) is 0 Å². The maximum absolute atomic E-state index is 13.3. The number of hydrogen-bond acceptors (Lipinski definition) is 1. The molecular weight excluding hydrogens is 217 g/mol. The number of carbonyl (C=O) groups excluding carboxylic acids is 1. The van der Waals surface area contributed by atoms with Gasteiger partial charge in [-0.1, -0.05) is 13.8 Å². The van der Waals surface area contributed by atoms with Crippen molar-refractivity contribution in [1.29, 1.82) is 0 Å². The van der Waals surface area contributed by atoms with E-state index in [1.807, 2.05) is 13.8 Å². The van der Waals surface area contributed by atoms with E-state index in [9.17, 15) is 18.0 Å². The molecule has 0 saturated heterocycles. The minimum atomic E-state index is -1.27. The highest BCUT2D eigenvalue weighted by Gasteiger charge is 2.51. The van der Waals surface area contributed by atoms with E-state index in [0.717, 1.165) is 0 Å². The van der Waals surface area contributed by atoms with E-state index in [4.69, 9.17) is 0 Å². The fraction of sp³-hybridized carbons (Fsp3) is 0.417. The SMILES string of the molecule is CC1(C)CC1C(=O)c1cc(F)c(F)cc1F. The molecule has 16 heavy (non-hydrogen) atoms. The standard InChI is InChI=1S/C12H11F3O/c1-12(2)5-7(12)11(16)6-3-9(14)10(15)4-8(6)13/h3-4,7H,5H2,1-2H3. The summed E-state index contributed by atoms with van der Waals surface area (Å²) in [5.74, 6) is -4.19. The molecule has 1 saturated carbocycles. The molecule has 0 N–H and O–H groups in total. The lowest BCUT2D eigenvalue weighted by Gasteiger charge is -2.05. The van der Waals surface area contributed by atoms with E-state index < -0.39 is 23.2 Å². The summed E-state index contributed by atoms with van der Waals surface area (Å²) in [6, 6.07) is 1.05. The van der Waals surface area contributed by atoms with Gasteiger partial charge in [-0.05, 0) is 17.9 Å². The highest BCUT2D eigenvalue weighted by Crippen LogP contribution is 2.53. The van der Waals surface area contributed by atoms with Gasteiger partial charge in [0.05, 0.1) is 5.56 Å². The van der Waals surface area contributed by atoms with Gasteiger partial charge >= 0.3 is 0 Å². The normalized spacial score (nSPS) is 21.9. The third-order valence-corrected chi connectivity index (χ3v) is 3.11. The molecule has 1 aromatic carbocycles. The fourth-order valence-corrected chi connectivity index (χ4v) is 1.81. The lowest BCUT2D eigenvalue weighted by molar-refractivity contribution is 0.0948. The maximum atomic E-state index is 13.3. The minimum absolute atomic E-state index is 0.158. The van der Waals surface area contributed by atoms with Crippen LogP contribution in [0.2, 0.25) is 0 Å². The summed E-state index contributed by atoms with van der Waals surface area (Å²) in [6.07, 6.45) is 0.657. The van der Waals surface area contributed by atoms with Crippen molar-refractivity contribution < 1.29 is 18.0 Å². The molecule has 1 aliphatic rings. The van der Waals surface area contributed by atoms with Crippen molar-refractivity contribution in [3.8, 4) is 0 Å². The molecule has 0 radical (unpaired) electrons. The third-order valence-electron chi connectivity index (χ3n) is 3.11. The molecule has 1 fully saturated rings. The van der Waals surface area contributed by atoms with Gasteiger partial charge in [0.25, 0.3) is 0 Å². The predicted octanol–water partition coefficient (Wildman–Crippen LogP) is 3.33. The molecule has 1 nitrogen and oxygen atoms in total. The first kappa shape index (κ1) is 11.2. The smallest absolute Gasteiger partial charge is 0.169 e. The molecule has 1 unspecified atom stereocenters. The van der Waals surface area contributed by atoms with Crippen LogP contribution in [0.1, 0.15) is 30.6 Å². The second-order valence-corrected chi connectivity index (χ2v) is 4.86. The average molecular weight is 228 g/mol. The Hall–Kier alpha value is -1.32. The zero-order valence-corrected chi connectivity index (χ0v) is 8.98. The number of rotatable bonds is 2. The number of carbonyl (C=O) groups is 1. The molecule has 1 aromatic rings. The van der Waals surface area contributed by atoms with Crippen molar-refractivity contribution in [2.24, 2.45) is 11.3 Å². The van der Waals surface area contributed by atoms with Crippen LogP contribution in [-0.2, 0) is 0 Å². The van der Waals surface area contributed by atoms with E-state index in [1.165, 1.54) is 0 Å². The van der Waals surface area contributed by atoms with Crippen molar-refractivity contribution in [2.45, 2.75) is 20.3 Å². The molecular formula is C12H11F3O. The summed E-state index contributed by atoms with van der Waals surface area (Å²) in [6.45, 7) is 3.76. The van der Waals surface area contributed by atoms with Gasteiger partial charge in [-0.3, -0.25) is 4.79 Å². The second kappa shape index (κ2) is 3.34. The second-order valence-electron chi connectivity index (χ2n) is 4.86. The summed E-state index contributed by atoms with van der Waals surface area (Å²) < 4.78 is 38.9. The average Bonchev–Trinajstić information content (AvgIpc) is 2.80. The summed E-state index contributed by atoms with van der Waals surface area (Å²) in [5, 5.41) is 0. The van der Waals surface area contributed by atoms with Crippen molar-refractivity contribution in [3.63, 3.8) is 0 Å². The van der Waals surface area contributed by atoms with Crippen LogP contribution in [0, 0.1) is 28.8 Å². The van der Waals surface area contributed by atoms with E-state index in [1.54, 1.807) is 0 Å². The lowest BCUT2D eigenvalue weighted by atomic mass is 10.0. The Morgan fingerprint density at radius 1 is 1.19 bits per heavy atom. The van der Waals surface area contributed by atoms with Crippen LogP contribution >= 0.6 is 0 Å². The molecule has 0 amide bonds. The molecule has 2 rings (SSSR count). The van der Waals surface area contributed by atoms with Gasteiger partial charge in [-0.15, -0.1) is 0 Å². The Labute approximate surface area is 91.3 Å². The molecule has 86 valence electrons. The summed E-state index contributed by atoms with van der Waals surface area (Å²) in [4.78, 5) is 11.8. The Bertz CT molecular complexity index is 466. The molecule has 0 heterocycles. The van der Waals surface area contributed by atoms with Gasteiger partial charge in [0, 0.05) is 12.0 Å². The van der Waals surface area contributed by atoms with Crippen LogP contribution in [0.3, 0.4) is 0 Å². The number of ketones is 1. The van der Waals surface area contributed by atoms with Crippen LogP contribution in [0.25, 0.3) is 0 Å². The van der Waals surface area contributed by atoms with E-state index in [0.29, 0.717) is 18.6 Å². The fourth-order valence-electron chi connectivity index (χ4n) is 1.81. The van der Waals surface area contributed by atoms with Gasteiger partial charge in [0.2, 0.25) is 0 Å². The third kappa shape index (κ3) is 1.72. The Kier molecular flexibility index (Phi) is 2.33. The van der Waals surface area contributed by atoms with Crippen molar-refractivity contribution in [1.82, 2.24) is 0 Å². The largest absolute Gasteiger partial charge is 0.294 e. The Balaban J connectivity index is 2.35. The van der Waals surface area contributed by atoms with Crippen LogP contribution in [0.4, 0.5) is 13.2 Å². The molecule has 1 atom stereocenters. The highest BCUT2D eigenvalue weighted by molar-refractivity contribution is 6.00. The van der Waals surface area contributed by atoms with Crippen LogP contribution in [0.15, 0.2) is 12.1 Å². The molecule has 4 heteroatoms. The topological polar surface area (TPSA) is 17.1 Å². The van der Waals surface area contributed by atoms with Gasteiger partial charge in [0.1, 0.15) is 5.82 Å². The van der Waals surface area contributed by atoms with Crippen LogP contribution in [-0.4, -0.2) is 5.78 Å². The monoisotopic (exact) mass is 228 g/mol. The van der Waals surface area contributed by atoms with Gasteiger partial charge in [0.15, 0.2) is 17.4 Å². The first-order chi connectivity index (χ1) is 7.33. The first-order valence-electron chi connectivity index (χ1n) is 5.01. The maximum Gasteiger partial charge on any atom is 0.169 e. The van der Waals surface area contributed by atoms with Crippen molar-refractivity contribution >= 4 is 5.78 Å². The van der Waals surface area contributed by atoms with Gasteiger partial charge < -0.3 is 0 Å². The minimum Gasteiger partial charge on any atom is -0.294 e. The number of hydrogen-bond donors (Lipinski definition) is 0. The molecule has 0 spiro atoms. The zero-order chi connectivity index (χ0) is 12.1. The van der Waals surface area contributed by atoms with E-state index >= 15 is 0 Å². The van der Waals surface area contributed by atoms with Gasteiger partial charge in [-0.2, -0.15) is 0 Å².